The van der Waals surface area contributed by atoms with Gasteiger partial charge in [0.2, 0.25) is 5.91 Å². The van der Waals surface area contributed by atoms with Crippen LogP contribution in [0.15, 0.2) is 0 Å². The molecule has 16 heavy (non-hydrogen) atoms. The van der Waals surface area contributed by atoms with Gasteiger partial charge in [0.15, 0.2) is 0 Å². The number of likely N-dealkylation sites (N-methyl/N-ethyl adjacent to an activating group) is 1. The van der Waals surface area contributed by atoms with Crippen molar-refractivity contribution in [3.05, 3.63) is 0 Å². The van der Waals surface area contributed by atoms with Crippen LogP contribution in [0.3, 0.4) is 0 Å². The van der Waals surface area contributed by atoms with Gasteiger partial charge in [-0.15, -0.1) is 0 Å². The van der Waals surface area contributed by atoms with Gasteiger partial charge in [0, 0.05) is 6.04 Å². The van der Waals surface area contributed by atoms with E-state index in [1.165, 1.54) is 0 Å². The Morgan fingerprint density at radius 2 is 2.25 bits per heavy atom. The zero-order valence-electron chi connectivity index (χ0n) is 8.99. The summed E-state index contributed by atoms with van der Waals surface area (Å²) in [6, 6.07) is -0.587. The van der Waals surface area contributed by atoms with Crippen molar-refractivity contribution in [1.82, 2.24) is 16.1 Å². The molecule has 7 heteroatoms. The average molecular weight is 229 g/mol. The lowest BCUT2D eigenvalue weighted by Gasteiger charge is -2.17. The van der Waals surface area contributed by atoms with E-state index >= 15 is 0 Å². The lowest BCUT2D eigenvalue weighted by atomic mass is 10.0. The number of carbonyl (C=O) groups excluding carboxylic acids is 2. The molecule has 2 heterocycles. The van der Waals surface area contributed by atoms with E-state index in [0.29, 0.717) is 13.2 Å². The maximum Gasteiger partial charge on any atom is 0.268 e. The van der Waals surface area contributed by atoms with Crippen LogP contribution in [-0.2, 0) is 19.2 Å². The Labute approximate surface area is 92.8 Å². The number of carbonyl (C=O) groups is 2. The third-order valence-electron chi connectivity index (χ3n) is 2.84. The molecule has 3 N–H and O–H groups in total. The molecule has 0 aliphatic carbocycles. The van der Waals surface area contributed by atoms with Crippen molar-refractivity contribution in [2.45, 2.75) is 12.1 Å². The number of rotatable bonds is 3. The second kappa shape index (κ2) is 4.77. The Morgan fingerprint density at radius 3 is 2.88 bits per heavy atom. The van der Waals surface area contributed by atoms with Gasteiger partial charge in [-0.05, 0) is 7.05 Å². The van der Waals surface area contributed by atoms with Gasteiger partial charge in [0.1, 0.15) is 12.6 Å². The molecule has 0 radical (unpaired) electrons. The van der Waals surface area contributed by atoms with Crippen LogP contribution in [0.1, 0.15) is 0 Å². The number of amides is 2. The van der Waals surface area contributed by atoms with E-state index in [9.17, 15) is 9.59 Å². The second-order valence-corrected chi connectivity index (χ2v) is 3.88. The van der Waals surface area contributed by atoms with E-state index in [-0.39, 0.29) is 30.4 Å². The van der Waals surface area contributed by atoms with Crippen molar-refractivity contribution in [1.29, 1.82) is 0 Å². The van der Waals surface area contributed by atoms with Gasteiger partial charge < -0.3 is 15.4 Å². The predicted molar refractivity (Wildman–Crippen MR) is 53.2 cm³/mol. The summed E-state index contributed by atoms with van der Waals surface area (Å²) in [7, 11) is 1.78. The van der Waals surface area contributed by atoms with Crippen molar-refractivity contribution in [3.8, 4) is 0 Å². The molecule has 2 saturated heterocycles. The number of hydrogen-bond donors (Lipinski definition) is 3. The molecule has 0 aromatic heterocycles. The van der Waals surface area contributed by atoms with Crippen LogP contribution in [0, 0.1) is 5.92 Å². The summed E-state index contributed by atoms with van der Waals surface area (Å²) in [6.07, 6.45) is 0. The van der Waals surface area contributed by atoms with Crippen LogP contribution in [-0.4, -0.2) is 50.8 Å². The Bertz CT molecular complexity index is 296. The minimum atomic E-state index is -0.592. The molecule has 2 rings (SSSR count). The fourth-order valence-corrected chi connectivity index (χ4v) is 1.83. The summed E-state index contributed by atoms with van der Waals surface area (Å²) < 4.78 is 5.22. The van der Waals surface area contributed by atoms with E-state index in [1.54, 1.807) is 7.05 Å². The van der Waals surface area contributed by atoms with Crippen LogP contribution in [0.25, 0.3) is 0 Å². The van der Waals surface area contributed by atoms with E-state index in [0.717, 1.165) is 0 Å². The minimum Gasteiger partial charge on any atom is -0.379 e. The van der Waals surface area contributed by atoms with E-state index < -0.39 is 6.04 Å². The first-order valence-electron chi connectivity index (χ1n) is 5.19. The second-order valence-electron chi connectivity index (χ2n) is 3.88. The Morgan fingerprint density at radius 1 is 1.44 bits per heavy atom. The van der Waals surface area contributed by atoms with Gasteiger partial charge in [0.05, 0.1) is 19.1 Å². The van der Waals surface area contributed by atoms with Crippen LogP contribution in [0.5, 0.6) is 0 Å². The van der Waals surface area contributed by atoms with Gasteiger partial charge in [-0.3, -0.25) is 14.4 Å². The average Bonchev–Trinajstić information content (AvgIpc) is 2.87. The van der Waals surface area contributed by atoms with Crippen molar-refractivity contribution in [2.24, 2.45) is 5.92 Å². The molecule has 0 bridgehead atoms. The van der Waals surface area contributed by atoms with E-state index in [1.807, 2.05) is 0 Å². The third kappa shape index (κ3) is 2.16. The summed E-state index contributed by atoms with van der Waals surface area (Å²) in [5.41, 5.74) is 2.19. The quantitative estimate of drug-likeness (QED) is 0.509. The molecule has 0 spiro atoms. The number of hydrogen-bond acceptors (Lipinski definition) is 5. The van der Waals surface area contributed by atoms with E-state index in [4.69, 9.17) is 9.57 Å². The summed E-state index contributed by atoms with van der Waals surface area (Å²) in [6.45, 7) is 1.07. The largest absolute Gasteiger partial charge is 0.379 e. The van der Waals surface area contributed by atoms with Crippen molar-refractivity contribution >= 4 is 11.8 Å². The molecule has 2 aliphatic rings. The minimum absolute atomic E-state index is 0.00498. The molecule has 0 aromatic carbocycles. The molecule has 2 amide bonds. The van der Waals surface area contributed by atoms with Crippen molar-refractivity contribution in [2.75, 3.05) is 26.9 Å². The highest BCUT2D eigenvalue weighted by Gasteiger charge is 2.36. The summed E-state index contributed by atoms with van der Waals surface area (Å²) in [5, 5.41) is 5.65. The third-order valence-corrected chi connectivity index (χ3v) is 2.84. The van der Waals surface area contributed by atoms with Gasteiger partial charge in [0.25, 0.3) is 5.91 Å². The van der Waals surface area contributed by atoms with Crippen LogP contribution >= 0.6 is 0 Å². The summed E-state index contributed by atoms with van der Waals surface area (Å²) in [5.74, 6) is -0.742. The number of ether oxygens (including phenoxy) is 1. The Kier molecular flexibility index (Phi) is 3.37. The van der Waals surface area contributed by atoms with Crippen LogP contribution in [0.2, 0.25) is 0 Å². The standard InChI is InChI=1S/C9H15N3O4/c1-10-6-3-15-2-5(6)8(13)11-7-4-16-12-9(7)14/h5-7,10H,2-4H2,1H3,(H,11,13)(H,12,14)/t5?,6?,7-/m1/s1. The highest BCUT2D eigenvalue weighted by molar-refractivity contribution is 5.89. The maximum atomic E-state index is 11.8. The first-order valence-corrected chi connectivity index (χ1v) is 5.19. The smallest absolute Gasteiger partial charge is 0.268 e. The summed E-state index contributed by atoms with van der Waals surface area (Å²) in [4.78, 5) is 27.8. The van der Waals surface area contributed by atoms with Crippen molar-refractivity contribution in [3.63, 3.8) is 0 Å². The van der Waals surface area contributed by atoms with Crippen molar-refractivity contribution < 1.29 is 19.2 Å². The molecule has 0 aromatic rings. The fourth-order valence-electron chi connectivity index (χ4n) is 1.83. The molecule has 2 fully saturated rings. The number of hydroxylamine groups is 1. The predicted octanol–water partition coefficient (Wildman–Crippen LogP) is -2.23. The highest BCUT2D eigenvalue weighted by Crippen LogP contribution is 2.13. The normalized spacial score (nSPS) is 33.8. The first kappa shape index (κ1) is 11.3. The zero-order valence-corrected chi connectivity index (χ0v) is 8.99. The SMILES string of the molecule is CNC1COCC1C(=O)N[C@@H]1CONC1=O. The zero-order chi connectivity index (χ0) is 11.5. The van der Waals surface area contributed by atoms with Gasteiger partial charge in [-0.2, -0.15) is 0 Å². The summed E-state index contributed by atoms with van der Waals surface area (Å²) >= 11 is 0. The molecule has 2 aliphatic heterocycles. The van der Waals surface area contributed by atoms with Crippen LogP contribution in [0.4, 0.5) is 0 Å². The lowest BCUT2D eigenvalue weighted by Crippen LogP contribution is -2.48. The Balaban J connectivity index is 1.89. The lowest BCUT2D eigenvalue weighted by molar-refractivity contribution is -0.130. The molecule has 0 saturated carbocycles. The van der Waals surface area contributed by atoms with Gasteiger partial charge >= 0.3 is 0 Å². The van der Waals surface area contributed by atoms with Gasteiger partial charge in [-0.25, -0.2) is 5.48 Å². The molecular weight excluding hydrogens is 214 g/mol. The van der Waals surface area contributed by atoms with Gasteiger partial charge in [-0.1, -0.05) is 0 Å². The molecule has 7 nitrogen and oxygen atoms in total. The molecule has 3 atom stereocenters. The topological polar surface area (TPSA) is 88.7 Å². The van der Waals surface area contributed by atoms with Crippen LogP contribution < -0.4 is 16.1 Å². The fraction of sp³-hybridized carbons (Fsp3) is 0.778. The molecule has 2 unspecified atom stereocenters. The number of nitrogens with one attached hydrogen (secondary N) is 3. The monoisotopic (exact) mass is 229 g/mol. The Hall–Kier alpha value is -1.18. The van der Waals surface area contributed by atoms with E-state index in [2.05, 4.69) is 16.1 Å². The first-order chi connectivity index (χ1) is 7.72. The highest BCUT2D eigenvalue weighted by atomic mass is 16.7. The maximum absolute atomic E-state index is 11.8. The molecule has 90 valence electrons. The molecular formula is C9H15N3O4.